The fourth-order valence-corrected chi connectivity index (χ4v) is 1.42. The van der Waals surface area contributed by atoms with Gasteiger partial charge in [-0.05, 0) is 18.1 Å². The van der Waals surface area contributed by atoms with Gasteiger partial charge in [0.25, 0.3) is 5.91 Å². The van der Waals surface area contributed by atoms with Crippen LogP contribution in [0.2, 0.25) is 5.02 Å². The number of nitrogens with zero attached hydrogens (tertiary/aromatic N) is 1. The Morgan fingerprint density at radius 1 is 1.47 bits per heavy atom. The third-order valence-corrected chi connectivity index (χ3v) is 2.41. The minimum atomic E-state index is -1.07. The molecule has 0 saturated heterocycles. The summed E-state index contributed by atoms with van der Waals surface area (Å²) in [6, 6.07) is 1.98. The quantitative estimate of drug-likeness (QED) is 0.857. The number of carboxylic acids is 1. The molecule has 6 heteroatoms. The van der Waals surface area contributed by atoms with E-state index >= 15 is 0 Å². The molecule has 1 aromatic heterocycles. The first-order chi connectivity index (χ1) is 7.91. The maximum Gasteiger partial charge on any atom is 0.326 e. The standard InChI is InChI=1S/C11H13ClN2O3/c1-6(2)9(11(16)17)14-10(15)8-5-7(12)3-4-13-8/h3-6,9H,1-2H3,(H,14,15)(H,16,17). The molecule has 1 heterocycles. The molecule has 17 heavy (non-hydrogen) atoms. The van der Waals surface area contributed by atoms with Crippen LogP contribution in [0.1, 0.15) is 24.3 Å². The molecule has 0 fully saturated rings. The van der Waals surface area contributed by atoms with Gasteiger partial charge >= 0.3 is 5.97 Å². The highest BCUT2D eigenvalue weighted by Crippen LogP contribution is 2.09. The van der Waals surface area contributed by atoms with Crippen molar-refractivity contribution >= 4 is 23.5 Å². The number of hydrogen-bond acceptors (Lipinski definition) is 3. The van der Waals surface area contributed by atoms with Gasteiger partial charge in [-0.1, -0.05) is 25.4 Å². The minimum absolute atomic E-state index is 0.101. The SMILES string of the molecule is CC(C)C(NC(=O)c1cc(Cl)ccn1)C(=O)O. The van der Waals surface area contributed by atoms with Crippen molar-refractivity contribution in [2.45, 2.75) is 19.9 Å². The zero-order valence-electron chi connectivity index (χ0n) is 9.48. The lowest BCUT2D eigenvalue weighted by molar-refractivity contribution is -0.140. The van der Waals surface area contributed by atoms with E-state index in [1.54, 1.807) is 13.8 Å². The predicted molar refractivity (Wildman–Crippen MR) is 63.0 cm³/mol. The zero-order valence-corrected chi connectivity index (χ0v) is 10.2. The lowest BCUT2D eigenvalue weighted by Crippen LogP contribution is -2.44. The number of carbonyl (C=O) groups excluding carboxylic acids is 1. The summed E-state index contributed by atoms with van der Waals surface area (Å²) in [4.78, 5) is 26.5. The average Bonchev–Trinajstić information content (AvgIpc) is 2.24. The number of carbonyl (C=O) groups is 2. The highest BCUT2D eigenvalue weighted by Gasteiger charge is 2.24. The second-order valence-corrected chi connectivity index (χ2v) is 4.33. The fraction of sp³-hybridized carbons (Fsp3) is 0.364. The Balaban J connectivity index is 2.81. The first-order valence-electron chi connectivity index (χ1n) is 5.07. The Morgan fingerprint density at radius 2 is 2.12 bits per heavy atom. The van der Waals surface area contributed by atoms with E-state index in [0.717, 1.165) is 0 Å². The van der Waals surface area contributed by atoms with E-state index in [0.29, 0.717) is 5.02 Å². The van der Waals surface area contributed by atoms with E-state index in [1.807, 2.05) is 0 Å². The summed E-state index contributed by atoms with van der Waals surface area (Å²) < 4.78 is 0. The molecule has 0 spiro atoms. The van der Waals surface area contributed by atoms with Crippen molar-refractivity contribution < 1.29 is 14.7 Å². The predicted octanol–water partition coefficient (Wildman–Crippen LogP) is 1.57. The van der Waals surface area contributed by atoms with Crippen molar-refractivity contribution in [2.24, 2.45) is 5.92 Å². The summed E-state index contributed by atoms with van der Waals surface area (Å²) in [5, 5.41) is 11.7. The smallest absolute Gasteiger partial charge is 0.326 e. The van der Waals surface area contributed by atoms with Crippen LogP contribution in [-0.2, 0) is 4.79 Å². The van der Waals surface area contributed by atoms with Crippen LogP contribution in [0.4, 0.5) is 0 Å². The van der Waals surface area contributed by atoms with Crippen molar-refractivity contribution in [1.82, 2.24) is 10.3 Å². The molecule has 92 valence electrons. The van der Waals surface area contributed by atoms with Gasteiger partial charge in [-0.3, -0.25) is 9.78 Å². The molecule has 1 rings (SSSR count). The molecule has 1 atom stereocenters. The molecular weight excluding hydrogens is 244 g/mol. The number of halogens is 1. The number of rotatable bonds is 4. The van der Waals surface area contributed by atoms with Crippen LogP contribution in [0.3, 0.4) is 0 Å². The summed E-state index contributed by atoms with van der Waals surface area (Å²) in [7, 11) is 0. The largest absolute Gasteiger partial charge is 0.480 e. The Bertz CT molecular complexity index is 434. The topological polar surface area (TPSA) is 79.3 Å². The van der Waals surface area contributed by atoms with Gasteiger partial charge < -0.3 is 10.4 Å². The van der Waals surface area contributed by atoms with Crippen LogP contribution in [0.15, 0.2) is 18.3 Å². The Morgan fingerprint density at radius 3 is 2.59 bits per heavy atom. The molecule has 1 aromatic rings. The first kappa shape index (κ1) is 13.4. The number of amides is 1. The van der Waals surface area contributed by atoms with Crippen LogP contribution in [-0.4, -0.2) is 28.0 Å². The number of hydrogen-bond donors (Lipinski definition) is 2. The second kappa shape index (κ2) is 5.63. The van der Waals surface area contributed by atoms with Crippen molar-refractivity contribution in [1.29, 1.82) is 0 Å². The minimum Gasteiger partial charge on any atom is -0.480 e. The number of pyridine rings is 1. The van der Waals surface area contributed by atoms with Gasteiger partial charge in [-0.25, -0.2) is 4.79 Å². The van der Waals surface area contributed by atoms with Crippen LogP contribution in [0, 0.1) is 5.92 Å². The molecule has 2 N–H and O–H groups in total. The maximum atomic E-state index is 11.7. The van der Waals surface area contributed by atoms with E-state index in [-0.39, 0.29) is 11.6 Å². The fourth-order valence-electron chi connectivity index (χ4n) is 1.26. The van der Waals surface area contributed by atoms with Gasteiger partial charge in [0, 0.05) is 11.2 Å². The number of aliphatic carboxylic acids is 1. The summed E-state index contributed by atoms with van der Waals surface area (Å²) >= 11 is 5.71. The highest BCUT2D eigenvalue weighted by molar-refractivity contribution is 6.30. The normalized spacial score (nSPS) is 12.2. The number of carboxylic acid groups (broad SMARTS) is 1. The third kappa shape index (κ3) is 3.71. The van der Waals surface area contributed by atoms with E-state index in [1.165, 1.54) is 18.3 Å². The molecule has 0 radical (unpaired) electrons. The zero-order chi connectivity index (χ0) is 13.0. The van der Waals surface area contributed by atoms with Crippen molar-refractivity contribution in [2.75, 3.05) is 0 Å². The van der Waals surface area contributed by atoms with Crippen LogP contribution in [0.5, 0.6) is 0 Å². The molecule has 0 saturated carbocycles. The summed E-state index contributed by atoms with van der Waals surface area (Å²) in [5.41, 5.74) is 0.101. The van der Waals surface area contributed by atoms with Gasteiger partial charge in [0.05, 0.1) is 0 Å². The van der Waals surface area contributed by atoms with E-state index in [4.69, 9.17) is 16.7 Å². The molecule has 1 amide bonds. The van der Waals surface area contributed by atoms with Crippen molar-refractivity contribution in [3.05, 3.63) is 29.0 Å². The molecular formula is C11H13ClN2O3. The maximum absolute atomic E-state index is 11.7. The average molecular weight is 257 g/mol. The molecule has 5 nitrogen and oxygen atoms in total. The Kier molecular flexibility index (Phi) is 4.45. The summed E-state index contributed by atoms with van der Waals surface area (Å²) in [6.07, 6.45) is 1.39. The summed E-state index contributed by atoms with van der Waals surface area (Å²) in [6.45, 7) is 3.43. The van der Waals surface area contributed by atoms with Crippen LogP contribution >= 0.6 is 11.6 Å². The van der Waals surface area contributed by atoms with Crippen LogP contribution < -0.4 is 5.32 Å². The first-order valence-corrected chi connectivity index (χ1v) is 5.45. The molecule has 0 aliphatic rings. The van der Waals surface area contributed by atoms with E-state index in [9.17, 15) is 9.59 Å². The monoisotopic (exact) mass is 256 g/mol. The van der Waals surface area contributed by atoms with Crippen LogP contribution in [0.25, 0.3) is 0 Å². The molecule has 0 aliphatic heterocycles. The van der Waals surface area contributed by atoms with Gasteiger partial charge in [0.15, 0.2) is 0 Å². The molecule has 0 aromatic carbocycles. The van der Waals surface area contributed by atoms with E-state index < -0.39 is 17.9 Å². The second-order valence-electron chi connectivity index (χ2n) is 3.89. The third-order valence-electron chi connectivity index (χ3n) is 2.17. The Labute approximate surface area is 104 Å². The number of nitrogens with one attached hydrogen (secondary N) is 1. The van der Waals surface area contributed by atoms with Gasteiger partial charge in [-0.2, -0.15) is 0 Å². The van der Waals surface area contributed by atoms with Gasteiger partial charge in [-0.15, -0.1) is 0 Å². The van der Waals surface area contributed by atoms with Crippen molar-refractivity contribution in [3.63, 3.8) is 0 Å². The lowest BCUT2D eigenvalue weighted by atomic mass is 10.0. The van der Waals surface area contributed by atoms with Crippen molar-refractivity contribution in [3.8, 4) is 0 Å². The molecule has 0 bridgehead atoms. The van der Waals surface area contributed by atoms with Gasteiger partial charge in [0.1, 0.15) is 11.7 Å². The lowest BCUT2D eigenvalue weighted by Gasteiger charge is -2.17. The van der Waals surface area contributed by atoms with E-state index in [2.05, 4.69) is 10.3 Å². The van der Waals surface area contributed by atoms with Gasteiger partial charge in [0.2, 0.25) is 0 Å². The molecule has 1 unspecified atom stereocenters. The summed E-state index contributed by atoms with van der Waals surface area (Å²) in [5.74, 6) is -1.83. The Hall–Kier alpha value is -1.62. The highest BCUT2D eigenvalue weighted by atomic mass is 35.5. The number of aromatic nitrogens is 1. The molecule has 0 aliphatic carbocycles.